The van der Waals surface area contributed by atoms with Crippen LogP contribution in [0.3, 0.4) is 0 Å². The number of benzene rings is 1. The number of amides is 4. The minimum atomic E-state index is -1.14. The second-order valence-electron chi connectivity index (χ2n) is 7.72. The third-order valence-electron chi connectivity index (χ3n) is 3.33. The lowest BCUT2D eigenvalue weighted by molar-refractivity contribution is -0.127. The lowest BCUT2D eigenvalue weighted by atomic mass is 10.1. The molecule has 0 heterocycles. The Morgan fingerprint density at radius 2 is 1.59 bits per heavy atom. The van der Waals surface area contributed by atoms with E-state index >= 15 is 0 Å². The molecule has 9 nitrogen and oxygen atoms in total. The predicted molar refractivity (Wildman–Crippen MR) is 106 cm³/mol. The lowest BCUT2D eigenvalue weighted by Gasteiger charge is -2.19. The van der Waals surface area contributed by atoms with Crippen LogP contribution in [-0.4, -0.2) is 41.7 Å². The van der Waals surface area contributed by atoms with Gasteiger partial charge in [-0.15, -0.1) is 0 Å². The van der Waals surface area contributed by atoms with Gasteiger partial charge in [0.1, 0.15) is 5.60 Å². The number of hydrogen-bond donors (Lipinski definition) is 3. The fourth-order valence-corrected chi connectivity index (χ4v) is 2.04. The second-order valence-corrected chi connectivity index (χ2v) is 7.72. The summed E-state index contributed by atoms with van der Waals surface area (Å²) in [4.78, 5) is 47.2. The van der Waals surface area contributed by atoms with Gasteiger partial charge in [0, 0.05) is 12.6 Å². The van der Waals surface area contributed by atoms with E-state index in [-0.39, 0.29) is 18.2 Å². The van der Waals surface area contributed by atoms with E-state index in [0.717, 1.165) is 5.56 Å². The Morgan fingerprint density at radius 1 is 1.00 bits per heavy atom. The quantitative estimate of drug-likeness (QED) is 0.623. The molecule has 1 aromatic carbocycles. The molecule has 0 saturated carbocycles. The summed E-state index contributed by atoms with van der Waals surface area (Å²) in [5.41, 5.74) is 0.400. The van der Waals surface area contributed by atoms with E-state index in [0.29, 0.717) is 0 Å². The van der Waals surface area contributed by atoms with Gasteiger partial charge >= 0.3 is 18.1 Å². The molecule has 0 saturated heterocycles. The molecule has 0 fully saturated rings. The Kier molecular flexibility index (Phi) is 8.62. The van der Waals surface area contributed by atoms with Gasteiger partial charge in [-0.3, -0.25) is 10.1 Å². The Labute approximate surface area is 170 Å². The van der Waals surface area contributed by atoms with Crippen LogP contribution >= 0.6 is 0 Å². The van der Waals surface area contributed by atoms with E-state index in [1.165, 1.54) is 19.1 Å². The van der Waals surface area contributed by atoms with Crippen LogP contribution < -0.4 is 16.0 Å². The zero-order chi connectivity index (χ0) is 22.2. The molecule has 0 spiro atoms. The predicted octanol–water partition coefficient (Wildman–Crippen LogP) is 2.49. The van der Waals surface area contributed by atoms with Crippen molar-refractivity contribution >= 4 is 24.0 Å². The van der Waals surface area contributed by atoms with Crippen LogP contribution in [0.2, 0.25) is 0 Å². The fourth-order valence-electron chi connectivity index (χ4n) is 2.04. The number of rotatable bonds is 6. The number of ether oxygens (including phenoxy) is 2. The van der Waals surface area contributed by atoms with Crippen LogP contribution in [0.25, 0.3) is 0 Å². The van der Waals surface area contributed by atoms with Crippen molar-refractivity contribution in [3.63, 3.8) is 0 Å². The molecule has 1 unspecified atom stereocenters. The van der Waals surface area contributed by atoms with Gasteiger partial charge in [-0.1, -0.05) is 12.1 Å². The van der Waals surface area contributed by atoms with Crippen molar-refractivity contribution in [2.24, 2.45) is 0 Å². The maximum absolute atomic E-state index is 12.2. The molecular weight excluding hydrogens is 378 g/mol. The highest BCUT2D eigenvalue weighted by Crippen LogP contribution is 2.09. The molecule has 1 atom stereocenters. The third-order valence-corrected chi connectivity index (χ3v) is 3.33. The zero-order valence-electron chi connectivity index (χ0n) is 17.6. The number of alkyl carbamates (subject to hydrolysis) is 1. The Balaban J connectivity index is 2.53. The van der Waals surface area contributed by atoms with Crippen molar-refractivity contribution in [3.8, 4) is 0 Å². The molecule has 1 rings (SSSR count). The van der Waals surface area contributed by atoms with Gasteiger partial charge in [-0.05, 0) is 59.2 Å². The fraction of sp³-hybridized carbons (Fsp3) is 0.500. The highest BCUT2D eigenvalue weighted by Gasteiger charge is 2.21. The van der Waals surface area contributed by atoms with Crippen LogP contribution in [0.1, 0.15) is 57.5 Å². The van der Waals surface area contributed by atoms with Crippen LogP contribution in [0.4, 0.5) is 9.59 Å². The number of carbonyl (C=O) groups is 4. The summed E-state index contributed by atoms with van der Waals surface area (Å²) in [6.07, 6.45) is -1.68. The average molecular weight is 407 g/mol. The Morgan fingerprint density at radius 3 is 2.10 bits per heavy atom. The lowest BCUT2D eigenvalue weighted by Crippen LogP contribution is -2.46. The molecule has 9 heteroatoms. The molecule has 3 N–H and O–H groups in total. The number of nitrogens with one attached hydrogen (secondary N) is 3. The normalized spacial score (nSPS) is 12.0. The minimum absolute atomic E-state index is 0.135. The van der Waals surface area contributed by atoms with Gasteiger partial charge in [-0.25, -0.2) is 14.4 Å². The molecule has 4 amide bonds. The van der Waals surface area contributed by atoms with Crippen molar-refractivity contribution in [3.05, 3.63) is 35.4 Å². The van der Waals surface area contributed by atoms with Gasteiger partial charge in [0.15, 0.2) is 6.10 Å². The first kappa shape index (κ1) is 23.9. The largest absolute Gasteiger partial charge is 0.449 e. The molecule has 1 aromatic rings. The molecule has 0 aromatic heterocycles. The first-order valence-electron chi connectivity index (χ1n) is 9.25. The number of urea groups is 1. The molecule has 0 aliphatic rings. The maximum Gasteiger partial charge on any atom is 0.407 e. The van der Waals surface area contributed by atoms with E-state index in [9.17, 15) is 19.2 Å². The van der Waals surface area contributed by atoms with Crippen molar-refractivity contribution in [2.75, 3.05) is 0 Å². The molecule has 160 valence electrons. The smallest absolute Gasteiger partial charge is 0.407 e. The number of hydrogen-bond acceptors (Lipinski definition) is 6. The molecule has 29 heavy (non-hydrogen) atoms. The summed E-state index contributed by atoms with van der Waals surface area (Å²) in [7, 11) is 0. The number of imide groups is 1. The van der Waals surface area contributed by atoms with E-state index in [1.807, 2.05) is 0 Å². The number of carbonyl (C=O) groups excluding carboxylic acids is 4. The molecule has 0 aliphatic heterocycles. The van der Waals surface area contributed by atoms with Gasteiger partial charge in [0.2, 0.25) is 0 Å². The molecule has 0 bridgehead atoms. The van der Waals surface area contributed by atoms with Crippen LogP contribution in [0.5, 0.6) is 0 Å². The van der Waals surface area contributed by atoms with Crippen LogP contribution in [-0.2, 0) is 20.8 Å². The summed E-state index contributed by atoms with van der Waals surface area (Å²) >= 11 is 0. The standard InChI is InChI=1S/C20H29N3O6/c1-12(2)22-18(26)23-16(24)13(3)28-17(25)15-9-7-14(8-10-15)11-21-19(27)29-20(4,5)6/h7-10,12-13H,11H2,1-6H3,(H,21,27)(H2,22,23,24,26). The monoisotopic (exact) mass is 407 g/mol. The first-order chi connectivity index (χ1) is 13.4. The third kappa shape index (κ3) is 9.59. The maximum atomic E-state index is 12.2. The topological polar surface area (TPSA) is 123 Å². The summed E-state index contributed by atoms with van der Waals surface area (Å²) in [5, 5.41) is 7.22. The Hall–Kier alpha value is -3.10. The average Bonchev–Trinajstić information content (AvgIpc) is 2.58. The zero-order valence-corrected chi connectivity index (χ0v) is 17.6. The molecule has 0 radical (unpaired) electrons. The molecule has 0 aliphatic carbocycles. The summed E-state index contributed by atoms with van der Waals surface area (Å²) in [5.74, 6) is -1.43. The van der Waals surface area contributed by atoms with Gasteiger partial charge in [0.25, 0.3) is 5.91 Å². The second kappa shape index (κ2) is 10.4. The summed E-state index contributed by atoms with van der Waals surface area (Å²) in [6, 6.07) is 5.54. The number of esters is 1. The highest BCUT2D eigenvalue weighted by atomic mass is 16.6. The summed E-state index contributed by atoms with van der Waals surface area (Å²) in [6.45, 7) is 10.4. The summed E-state index contributed by atoms with van der Waals surface area (Å²) < 4.78 is 10.2. The van der Waals surface area contributed by atoms with Crippen LogP contribution in [0, 0.1) is 0 Å². The van der Waals surface area contributed by atoms with Crippen molar-refractivity contribution in [1.82, 2.24) is 16.0 Å². The van der Waals surface area contributed by atoms with E-state index in [2.05, 4.69) is 16.0 Å². The highest BCUT2D eigenvalue weighted by molar-refractivity contribution is 5.98. The molecular formula is C20H29N3O6. The van der Waals surface area contributed by atoms with Gasteiger partial charge in [0.05, 0.1) is 5.56 Å². The SMILES string of the molecule is CC(C)NC(=O)NC(=O)C(C)OC(=O)c1ccc(CNC(=O)OC(C)(C)C)cc1. The van der Waals surface area contributed by atoms with Crippen molar-refractivity contribution < 1.29 is 28.7 Å². The van der Waals surface area contributed by atoms with Gasteiger partial charge < -0.3 is 20.1 Å². The van der Waals surface area contributed by atoms with E-state index < -0.39 is 35.7 Å². The van der Waals surface area contributed by atoms with Gasteiger partial charge in [-0.2, -0.15) is 0 Å². The first-order valence-corrected chi connectivity index (χ1v) is 9.25. The van der Waals surface area contributed by atoms with E-state index in [1.54, 1.807) is 46.8 Å². The minimum Gasteiger partial charge on any atom is -0.449 e. The van der Waals surface area contributed by atoms with E-state index in [4.69, 9.17) is 9.47 Å². The van der Waals surface area contributed by atoms with Crippen LogP contribution in [0.15, 0.2) is 24.3 Å². The van der Waals surface area contributed by atoms with Crippen molar-refractivity contribution in [1.29, 1.82) is 0 Å². The van der Waals surface area contributed by atoms with Crippen molar-refractivity contribution in [2.45, 2.75) is 65.8 Å². The Bertz CT molecular complexity index is 738.